The fraction of sp³-hybridized carbons (Fsp3) is 0.476. The molecule has 3 atom stereocenters. The number of fused-ring (bicyclic) bond motifs is 2. The van der Waals surface area contributed by atoms with Gasteiger partial charge in [-0.2, -0.15) is 5.10 Å². The van der Waals surface area contributed by atoms with E-state index in [-0.39, 0.29) is 18.4 Å². The molecule has 2 aromatic rings. The van der Waals surface area contributed by atoms with Crippen molar-refractivity contribution in [2.75, 3.05) is 26.2 Å². The molecule has 8 heteroatoms. The molecule has 0 bridgehead atoms. The van der Waals surface area contributed by atoms with Crippen LogP contribution in [0.25, 0.3) is 5.69 Å². The first-order valence-corrected chi connectivity index (χ1v) is 10.1. The van der Waals surface area contributed by atoms with Gasteiger partial charge in [0.25, 0.3) is 0 Å². The molecular formula is C21H25N5O3. The van der Waals surface area contributed by atoms with Gasteiger partial charge in [-0.15, -0.1) is 0 Å². The second kappa shape index (κ2) is 6.96. The number of hydrogen-bond acceptors (Lipinski definition) is 5. The van der Waals surface area contributed by atoms with Gasteiger partial charge in [0.2, 0.25) is 11.8 Å². The van der Waals surface area contributed by atoms with Gasteiger partial charge in [0.1, 0.15) is 12.1 Å². The van der Waals surface area contributed by atoms with Crippen LogP contribution in [-0.4, -0.2) is 85.8 Å². The van der Waals surface area contributed by atoms with Crippen LogP contribution in [0.4, 0.5) is 0 Å². The molecule has 3 aliphatic rings. The van der Waals surface area contributed by atoms with Crippen molar-refractivity contribution < 1.29 is 14.7 Å². The molecule has 0 unspecified atom stereocenters. The average Bonchev–Trinajstić information content (AvgIpc) is 3.33. The molecule has 1 N–H and O–H groups in total. The second-order valence-electron chi connectivity index (χ2n) is 8.31. The number of amides is 2. The van der Waals surface area contributed by atoms with Gasteiger partial charge >= 0.3 is 0 Å². The van der Waals surface area contributed by atoms with E-state index in [0.29, 0.717) is 26.1 Å². The molecular weight excluding hydrogens is 370 g/mol. The maximum Gasteiger partial charge on any atom is 0.247 e. The highest BCUT2D eigenvalue weighted by atomic mass is 16.3. The highest BCUT2D eigenvalue weighted by Crippen LogP contribution is 2.29. The van der Waals surface area contributed by atoms with E-state index in [2.05, 4.69) is 29.1 Å². The first kappa shape index (κ1) is 18.3. The number of aryl methyl sites for hydroxylation is 1. The number of nitrogens with zero attached hydrogens (tertiary/aromatic N) is 5. The Morgan fingerprint density at radius 3 is 2.59 bits per heavy atom. The first-order valence-electron chi connectivity index (χ1n) is 10.1. The van der Waals surface area contributed by atoms with Crippen LogP contribution in [0.15, 0.2) is 36.7 Å². The van der Waals surface area contributed by atoms with Gasteiger partial charge in [0, 0.05) is 50.9 Å². The molecule has 3 saturated heterocycles. The molecule has 0 saturated carbocycles. The summed E-state index contributed by atoms with van der Waals surface area (Å²) < 4.78 is 1.86. The molecule has 3 fully saturated rings. The minimum absolute atomic E-state index is 0.0157. The fourth-order valence-corrected chi connectivity index (χ4v) is 4.67. The van der Waals surface area contributed by atoms with Crippen LogP contribution in [0.3, 0.4) is 0 Å². The fourth-order valence-electron chi connectivity index (χ4n) is 4.67. The Bertz CT molecular complexity index is 940. The van der Waals surface area contributed by atoms with Gasteiger partial charge in [0.05, 0.1) is 18.0 Å². The lowest BCUT2D eigenvalue weighted by Crippen LogP contribution is -2.68. The highest BCUT2D eigenvalue weighted by Gasteiger charge is 2.51. The number of benzene rings is 1. The van der Waals surface area contributed by atoms with E-state index in [1.807, 2.05) is 29.2 Å². The van der Waals surface area contributed by atoms with E-state index in [1.165, 1.54) is 5.56 Å². The predicted octanol–water partition coefficient (Wildman–Crippen LogP) is 0.169. The number of aliphatic hydroxyl groups is 1. The normalized spacial score (nSPS) is 27.3. The molecule has 0 radical (unpaired) electrons. The summed E-state index contributed by atoms with van der Waals surface area (Å²) >= 11 is 0. The van der Waals surface area contributed by atoms with Crippen LogP contribution in [0.2, 0.25) is 0 Å². The van der Waals surface area contributed by atoms with E-state index in [9.17, 15) is 14.7 Å². The van der Waals surface area contributed by atoms with Crippen LogP contribution in [0.5, 0.6) is 0 Å². The molecule has 4 heterocycles. The summed E-state index contributed by atoms with van der Waals surface area (Å²) in [5, 5.41) is 14.4. The second-order valence-corrected chi connectivity index (χ2v) is 8.31. The van der Waals surface area contributed by atoms with Gasteiger partial charge in [-0.3, -0.25) is 14.5 Å². The Balaban J connectivity index is 1.28. The molecule has 5 rings (SSSR count). The van der Waals surface area contributed by atoms with Crippen LogP contribution in [-0.2, 0) is 16.1 Å². The molecule has 2 amide bonds. The van der Waals surface area contributed by atoms with Crippen LogP contribution in [0, 0.1) is 6.92 Å². The van der Waals surface area contributed by atoms with Gasteiger partial charge in [-0.25, -0.2) is 4.68 Å². The lowest BCUT2D eigenvalue weighted by Gasteiger charge is -2.47. The zero-order chi connectivity index (χ0) is 20.1. The molecule has 152 valence electrons. The summed E-state index contributed by atoms with van der Waals surface area (Å²) in [5.74, 6) is -0.0517. The lowest BCUT2D eigenvalue weighted by molar-refractivity contribution is -0.163. The van der Waals surface area contributed by atoms with Crippen molar-refractivity contribution in [3.63, 3.8) is 0 Å². The molecule has 3 aliphatic heterocycles. The Labute approximate surface area is 169 Å². The topological polar surface area (TPSA) is 81.9 Å². The van der Waals surface area contributed by atoms with E-state index in [4.69, 9.17) is 0 Å². The van der Waals surface area contributed by atoms with Crippen LogP contribution >= 0.6 is 0 Å². The number of carbonyl (C=O) groups excluding carboxylic acids is 2. The quantitative estimate of drug-likeness (QED) is 0.801. The summed E-state index contributed by atoms with van der Waals surface area (Å²) in [6.45, 7) is 4.79. The van der Waals surface area contributed by atoms with Gasteiger partial charge < -0.3 is 14.9 Å². The molecule has 1 aromatic heterocycles. The summed E-state index contributed by atoms with van der Waals surface area (Å²) in [7, 11) is 0. The highest BCUT2D eigenvalue weighted by molar-refractivity contribution is 5.98. The maximum atomic E-state index is 12.9. The number of hydrogen-bond donors (Lipinski definition) is 1. The number of aromatic nitrogens is 2. The number of carbonyl (C=O) groups is 2. The summed E-state index contributed by atoms with van der Waals surface area (Å²) in [6.07, 6.45) is 3.62. The Morgan fingerprint density at radius 2 is 1.79 bits per heavy atom. The summed E-state index contributed by atoms with van der Waals surface area (Å²) in [6, 6.07) is 7.27. The molecule has 29 heavy (non-hydrogen) atoms. The largest absolute Gasteiger partial charge is 0.391 e. The van der Waals surface area contributed by atoms with Crippen molar-refractivity contribution in [2.45, 2.75) is 38.1 Å². The predicted molar refractivity (Wildman–Crippen MR) is 105 cm³/mol. The number of aliphatic hydroxyl groups excluding tert-OH is 1. The smallest absolute Gasteiger partial charge is 0.247 e. The molecule has 8 nitrogen and oxygen atoms in total. The monoisotopic (exact) mass is 395 g/mol. The van der Waals surface area contributed by atoms with Gasteiger partial charge in [0.15, 0.2) is 0 Å². The standard InChI is InChI=1S/C21H25N5O3/c1-14-2-4-16(5-3-14)26-11-15(9-22-26)10-23-6-7-24-19(13-23)21(29)25-12-17(27)8-18(25)20(24)28/h2-5,9,11,17-19,27H,6-8,10,12-13H2,1H3/t17-,18+,19-/m1/s1. The van der Waals surface area contributed by atoms with Crippen molar-refractivity contribution >= 4 is 11.8 Å². The van der Waals surface area contributed by atoms with Crippen molar-refractivity contribution in [1.29, 1.82) is 0 Å². The van der Waals surface area contributed by atoms with Gasteiger partial charge in [-0.1, -0.05) is 17.7 Å². The minimum atomic E-state index is -0.599. The average molecular weight is 395 g/mol. The first-order chi connectivity index (χ1) is 14.0. The van der Waals surface area contributed by atoms with E-state index < -0.39 is 18.2 Å². The zero-order valence-electron chi connectivity index (χ0n) is 16.4. The minimum Gasteiger partial charge on any atom is -0.391 e. The third-order valence-corrected chi connectivity index (χ3v) is 6.22. The molecule has 0 spiro atoms. The third kappa shape index (κ3) is 3.22. The Morgan fingerprint density at radius 1 is 1.03 bits per heavy atom. The van der Waals surface area contributed by atoms with Gasteiger partial charge in [-0.05, 0) is 19.1 Å². The van der Waals surface area contributed by atoms with Crippen molar-refractivity contribution in [3.05, 3.63) is 47.8 Å². The van der Waals surface area contributed by atoms with Crippen molar-refractivity contribution in [1.82, 2.24) is 24.5 Å². The number of piperazine rings is 2. The van der Waals surface area contributed by atoms with Crippen molar-refractivity contribution in [3.8, 4) is 5.69 Å². The van der Waals surface area contributed by atoms with E-state index in [0.717, 1.165) is 17.8 Å². The lowest BCUT2D eigenvalue weighted by atomic mass is 10.0. The SMILES string of the molecule is Cc1ccc(-n2cc(CN3CCN4C(=O)[C@@H]5C[C@@H](O)CN5C(=O)[C@H]4C3)cn2)cc1. The van der Waals surface area contributed by atoms with Crippen molar-refractivity contribution in [2.24, 2.45) is 0 Å². The van der Waals surface area contributed by atoms with Crippen LogP contribution in [0.1, 0.15) is 17.5 Å². The molecule has 1 aromatic carbocycles. The Hall–Kier alpha value is -2.71. The van der Waals surface area contributed by atoms with E-state index >= 15 is 0 Å². The summed E-state index contributed by atoms with van der Waals surface area (Å²) in [4.78, 5) is 31.2. The zero-order valence-corrected chi connectivity index (χ0v) is 16.4. The third-order valence-electron chi connectivity index (χ3n) is 6.22. The Kier molecular flexibility index (Phi) is 4.40. The summed E-state index contributed by atoms with van der Waals surface area (Å²) in [5.41, 5.74) is 3.29. The molecule has 0 aliphatic carbocycles. The van der Waals surface area contributed by atoms with Crippen LogP contribution < -0.4 is 0 Å². The maximum absolute atomic E-state index is 12.9. The van der Waals surface area contributed by atoms with E-state index in [1.54, 1.807) is 9.80 Å². The number of rotatable bonds is 3.